The molecule has 0 amide bonds. The third-order valence-corrected chi connectivity index (χ3v) is 1.65. The van der Waals surface area contributed by atoms with Gasteiger partial charge in [0.05, 0.1) is 5.97 Å². The maximum absolute atomic E-state index is 10.4. The molecule has 0 aromatic heterocycles. The summed E-state index contributed by atoms with van der Waals surface area (Å²) < 4.78 is 0. The number of rotatable bonds is 1. The van der Waals surface area contributed by atoms with Crippen molar-refractivity contribution in [3.05, 3.63) is 23.8 Å². The van der Waals surface area contributed by atoms with E-state index in [4.69, 9.17) is 0 Å². The summed E-state index contributed by atoms with van der Waals surface area (Å²) in [4.78, 5) is 10.4. The number of hydrogen-bond acceptors (Lipinski definition) is 2. The number of hydrogen-bond donors (Lipinski definition) is 0. The van der Waals surface area contributed by atoms with E-state index in [1.54, 1.807) is 6.08 Å². The number of carboxylic acid groups (broad SMARTS) is 1. The Kier molecular flexibility index (Phi) is 1.90. The molecule has 0 saturated heterocycles. The quantitative estimate of drug-likeness (QED) is 0.486. The molecule has 0 N–H and O–H groups in total. The van der Waals surface area contributed by atoms with Gasteiger partial charge in [-0.05, 0) is 13.3 Å². The number of carbonyl (C=O) groups is 1. The second-order valence-electron chi connectivity index (χ2n) is 2.41. The molecule has 10 heavy (non-hydrogen) atoms. The van der Waals surface area contributed by atoms with Gasteiger partial charge in [0.15, 0.2) is 0 Å². The topological polar surface area (TPSA) is 40.1 Å². The molecular weight excluding hydrogens is 128 g/mol. The lowest BCUT2D eigenvalue weighted by atomic mass is 9.95. The molecule has 0 radical (unpaired) electrons. The third kappa shape index (κ3) is 1.26. The Morgan fingerprint density at radius 1 is 1.80 bits per heavy atom. The van der Waals surface area contributed by atoms with Crippen LogP contribution in [0, 0.1) is 5.92 Å². The van der Waals surface area contributed by atoms with E-state index in [0.717, 1.165) is 12.0 Å². The Morgan fingerprint density at radius 3 is 2.90 bits per heavy atom. The Hall–Kier alpha value is -1.05. The first-order valence-electron chi connectivity index (χ1n) is 3.26. The molecular formula is C8H9O2-. The lowest BCUT2D eigenvalue weighted by Gasteiger charge is -2.17. The summed E-state index contributed by atoms with van der Waals surface area (Å²) in [5.41, 5.74) is 0.877. The molecule has 0 spiro atoms. The van der Waals surface area contributed by atoms with Crippen molar-refractivity contribution in [1.29, 1.82) is 0 Å². The van der Waals surface area contributed by atoms with Crippen LogP contribution in [-0.4, -0.2) is 5.97 Å². The molecule has 1 atom stereocenters. The molecule has 1 rings (SSSR count). The highest BCUT2D eigenvalue weighted by molar-refractivity contribution is 5.74. The fourth-order valence-electron chi connectivity index (χ4n) is 1.01. The second-order valence-corrected chi connectivity index (χ2v) is 2.41. The Morgan fingerprint density at radius 2 is 2.50 bits per heavy atom. The molecule has 0 bridgehead atoms. The van der Waals surface area contributed by atoms with Crippen LogP contribution in [0.25, 0.3) is 0 Å². The van der Waals surface area contributed by atoms with Gasteiger partial charge in [0.2, 0.25) is 0 Å². The molecule has 2 heteroatoms. The van der Waals surface area contributed by atoms with Gasteiger partial charge in [-0.25, -0.2) is 0 Å². The summed E-state index contributed by atoms with van der Waals surface area (Å²) in [7, 11) is 0. The average molecular weight is 137 g/mol. The SMILES string of the molecule is CC1=CCC=CC1C(=O)[O-]. The Bertz CT molecular complexity index is 201. The van der Waals surface area contributed by atoms with Crippen LogP contribution in [0.1, 0.15) is 13.3 Å². The van der Waals surface area contributed by atoms with Gasteiger partial charge in [0.1, 0.15) is 0 Å². The van der Waals surface area contributed by atoms with E-state index >= 15 is 0 Å². The third-order valence-electron chi connectivity index (χ3n) is 1.65. The van der Waals surface area contributed by atoms with E-state index in [0.29, 0.717) is 0 Å². The largest absolute Gasteiger partial charge is 0.549 e. The summed E-state index contributed by atoms with van der Waals surface area (Å²) in [6, 6.07) is 0. The van der Waals surface area contributed by atoms with Crippen molar-refractivity contribution >= 4 is 5.97 Å². The van der Waals surface area contributed by atoms with Crippen LogP contribution in [0.4, 0.5) is 0 Å². The van der Waals surface area contributed by atoms with Crippen molar-refractivity contribution < 1.29 is 9.90 Å². The second kappa shape index (κ2) is 2.69. The molecule has 2 nitrogen and oxygen atoms in total. The smallest absolute Gasteiger partial charge is 0.0523 e. The Labute approximate surface area is 59.9 Å². The van der Waals surface area contributed by atoms with Gasteiger partial charge in [-0.15, -0.1) is 0 Å². The van der Waals surface area contributed by atoms with Crippen molar-refractivity contribution in [2.45, 2.75) is 13.3 Å². The Balaban J connectivity index is 2.75. The first-order valence-corrected chi connectivity index (χ1v) is 3.26. The normalized spacial score (nSPS) is 24.1. The fourth-order valence-corrected chi connectivity index (χ4v) is 1.01. The van der Waals surface area contributed by atoms with Gasteiger partial charge in [0.25, 0.3) is 0 Å². The van der Waals surface area contributed by atoms with Crippen LogP contribution in [0.2, 0.25) is 0 Å². The minimum Gasteiger partial charge on any atom is -0.549 e. The van der Waals surface area contributed by atoms with Crippen molar-refractivity contribution in [2.24, 2.45) is 5.92 Å². The summed E-state index contributed by atoms with van der Waals surface area (Å²) >= 11 is 0. The van der Waals surface area contributed by atoms with E-state index in [1.165, 1.54) is 0 Å². The highest BCUT2D eigenvalue weighted by Gasteiger charge is 2.09. The van der Waals surface area contributed by atoms with Gasteiger partial charge < -0.3 is 9.90 Å². The lowest BCUT2D eigenvalue weighted by molar-refractivity contribution is -0.308. The summed E-state index contributed by atoms with van der Waals surface area (Å²) in [6.45, 7) is 1.81. The predicted octanol–water partition coefficient (Wildman–Crippen LogP) is 0.259. The van der Waals surface area contributed by atoms with E-state index in [2.05, 4.69) is 0 Å². The first kappa shape index (κ1) is 7.06. The minimum atomic E-state index is -1.01. The van der Waals surface area contributed by atoms with Gasteiger partial charge in [-0.3, -0.25) is 0 Å². The van der Waals surface area contributed by atoms with Crippen molar-refractivity contribution in [3.8, 4) is 0 Å². The van der Waals surface area contributed by atoms with Gasteiger partial charge >= 0.3 is 0 Å². The summed E-state index contributed by atoms with van der Waals surface area (Å²) in [6.07, 6.45) is 6.26. The van der Waals surface area contributed by atoms with Crippen molar-refractivity contribution in [2.75, 3.05) is 0 Å². The van der Waals surface area contributed by atoms with Crippen LogP contribution in [0.5, 0.6) is 0 Å². The molecule has 1 unspecified atom stereocenters. The fraction of sp³-hybridized carbons (Fsp3) is 0.375. The van der Waals surface area contributed by atoms with Gasteiger partial charge in [0, 0.05) is 5.92 Å². The molecule has 54 valence electrons. The van der Waals surface area contributed by atoms with Gasteiger partial charge in [-0.1, -0.05) is 23.8 Å². The monoisotopic (exact) mass is 137 g/mol. The van der Waals surface area contributed by atoms with Crippen LogP contribution >= 0.6 is 0 Å². The molecule has 0 aromatic carbocycles. The minimum absolute atomic E-state index is 0.492. The van der Waals surface area contributed by atoms with E-state index in [-0.39, 0.29) is 0 Å². The van der Waals surface area contributed by atoms with Crippen LogP contribution in [0.3, 0.4) is 0 Å². The van der Waals surface area contributed by atoms with Gasteiger partial charge in [-0.2, -0.15) is 0 Å². The van der Waals surface area contributed by atoms with Crippen molar-refractivity contribution in [3.63, 3.8) is 0 Å². The highest BCUT2D eigenvalue weighted by atomic mass is 16.4. The van der Waals surface area contributed by atoms with Crippen LogP contribution in [-0.2, 0) is 4.79 Å². The highest BCUT2D eigenvalue weighted by Crippen LogP contribution is 2.16. The molecule has 0 aliphatic heterocycles. The average Bonchev–Trinajstić information content (AvgIpc) is 1.88. The maximum Gasteiger partial charge on any atom is 0.0523 e. The zero-order valence-electron chi connectivity index (χ0n) is 5.83. The maximum atomic E-state index is 10.4. The zero-order chi connectivity index (χ0) is 7.56. The number of carboxylic acids is 1. The number of allylic oxidation sites excluding steroid dienone is 2. The van der Waals surface area contributed by atoms with E-state index < -0.39 is 11.9 Å². The predicted molar refractivity (Wildman–Crippen MR) is 36.0 cm³/mol. The summed E-state index contributed by atoms with van der Waals surface area (Å²) in [5, 5.41) is 10.4. The molecule has 0 heterocycles. The molecule has 0 fully saturated rings. The zero-order valence-corrected chi connectivity index (χ0v) is 5.83. The molecule has 1 aliphatic rings. The molecule has 0 saturated carbocycles. The number of carbonyl (C=O) groups excluding carboxylic acids is 1. The van der Waals surface area contributed by atoms with Crippen LogP contribution < -0.4 is 5.11 Å². The van der Waals surface area contributed by atoms with E-state index in [1.807, 2.05) is 19.1 Å². The van der Waals surface area contributed by atoms with Crippen molar-refractivity contribution in [1.82, 2.24) is 0 Å². The molecule has 0 aromatic rings. The van der Waals surface area contributed by atoms with Crippen LogP contribution in [0.15, 0.2) is 23.8 Å². The van der Waals surface area contributed by atoms with E-state index in [9.17, 15) is 9.90 Å². The molecule has 1 aliphatic carbocycles. The standard InChI is InChI=1S/C8H10O2/c1-6-4-2-3-5-7(6)8(9)10/h3-5,7H,2H2,1H3,(H,9,10)/p-1. The summed E-state index contributed by atoms with van der Waals surface area (Å²) in [5.74, 6) is -1.50. The lowest BCUT2D eigenvalue weighted by Crippen LogP contribution is -2.31. The first-order chi connectivity index (χ1) is 4.72. The number of aliphatic carboxylic acids is 1.